The van der Waals surface area contributed by atoms with Crippen molar-refractivity contribution < 1.29 is 4.39 Å². The van der Waals surface area contributed by atoms with Crippen molar-refractivity contribution in [1.29, 1.82) is 0 Å². The van der Waals surface area contributed by atoms with Gasteiger partial charge in [0.05, 0.1) is 22.8 Å². The highest BCUT2D eigenvalue weighted by Gasteiger charge is 2.26. The van der Waals surface area contributed by atoms with Crippen molar-refractivity contribution in [1.82, 2.24) is 19.9 Å². The molecule has 0 fully saturated rings. The minimum absolute atomic E-state index is 0.247. The average molecular weight is 452 g/mol. The van der Waals surface area contributed by atoms with Crippen molar-refractivity contribution in [2.45, 2.75) is 57.5 Å². The zero-order chi connectivity index (χ0) is 22.4. The van der Waals surface area contributed by atoms with Crippen LogP contribution in [0.2, 0.25) is 0 Å². The summed E-state index contributed by atoms with van der Waals surface area (Å²) in [5, 5.41) is 4.56. The summed E-state index contributed by atoms with van der Waals surface area (Å²) in [6, 6.07) is 2.17. The van der Waals surface area contributed by atoms with E-state index in [4.69, 9.17) is 17.3 Å². The highest BCUT2D eigenvalue weighted by atomic mass is 35.5. The Bertz CT molecular complexity index is 1230. The summed E-state index contributed by atoms with van der Waals surface area (Å²) in [5.41, 5.74) is 10.9. The van der Waals surface area contributed by atoms with Crippen molar-refractivity contribution in [2.24, 2.45) is 5.73 Å². The van der Waals surface area contributed by atoms with Crippen molar-refractivity contribution in [3.05, 3.63) is 82.0 Å². The fraction of sp³-hybridized carbons (Fsp3) is 0.360. The van der Waals surface area contributed by atoms with E-state index < -0.39 is 0 Å². The first kappa shape index (κ1) is 21.0. The van der Waals surface area contributed by atoms with Crippen molar-refractivity contribution >= 4 is 22.6 Å². The molecule has 2 atom stereocenters. The standard InChI is InChI=1S/C25H27ClFN5/c1-14(2)23-18-7-8-32(25(18)30-13-29-23)17-6-5-15(9-17)3-4-16-10-21(27)19-12-20(26)24(28)31-22(19)11-16/h7-14,17,22,31H,3-6,28H2,1-2H3. The maximum Gasteiger partial charge on any atom is 0.144 e. The molecule has 0 amide bonds. The molecule has 166 valence electrons. The van der Waals surface area contributed by atoms with E-state index >= 15 is 0 Å². The molecule has 0 radical (unpaired) electrons. The first-order valence-corrected chi connectivity index (χ1v) is 11.5. The summed E-state index contributed by atoms with van der Waals surface area (Å²) in [4.78, 5) is 9.04. The van der Waals surface area contributed by atoms with Crippen LogP contribution >= 0.6 is 11.6 Å². The summed E-state index contributed by atoms with van der Waals surface area (Å²) in [6.07, 6.45) is 15.2. The molecule has 2 aliphatic carbocycles. The minimum Gasteiger partial charge on any atom is -0.384 e. The van der Waals surface area contributed by atoms with Gasteiger partial charge in [-0.05, 0) is 55.4 Å². The summed E-state index contributed by atoms with van der Waals surface area (Å²) in [7, 11) is 0. The maximum absolute atomic E-state index is 14.6. The molecule has 0 bridgehead atoms. The van der Waals surface area contributed by atoms with Gasteiger partial charge in [0.15, 0.2) is 0 Å². The number of allylic oxidation sites excluding steroid dienone is 6. The van der Waals surface area contributed by atoms with Crippen LogP contribution in [-0.4, -0.2) is 20.6 Å². The predicted molar refractivity (Wildman–Crippen MR) is 127 cm³/mol. The average Bonchev–Trinajstić information content (AvgIpc) is 3.40. The zero-order valence-corrected chi connectivity index (χ0v) is 19.0. The number of halogens is 2. The molecule has 5 nitrogen and oxygen atoms in total. The Labute approximate surface area is 192 Å². The molecule has 2 unspecified atom stereocenters. The van der Waals surface area contributed by atoms with Crippen LogP contribution < -0.4 is 11.1 Å². The van der Waals surface area contributed by atoms with E-state index in [0.29, 0.717) is 28.4 Å². The summed E-state index contributed by atoms with van der Waals surface area (Å²) < 4.78 is 16.9. The molecule has 32 heavy (non-hydrogen) atoms. The summed E-state index contributed by atoms with van der Waals surface area (Å²) >= 11 is 6.04. The quantitative estimate of drug-likeness (QED) is 0.576. The molecule has 0 saturated heterocycles. The van der Waals surface area contributed by atoms with Crippen LogP contribution in [-0.2, 0) is 0 Å². The van der Waals surface area contributed by atoms with E-state index in [-0.39, 0.29) is 11.9 Å². The van der Waals surface area contributed by atoms with Gasteiger partial charge in [0.25, 0.3) is 0 Å². The number of hydrogen-bond donors (Lipinski definition) is 2. The first-order chi connectivity index (χ1) is 15.4. The molecule has 0 saturated carbocycles. The molecule has 2 aromatic rings. The van der Waals surface area contributed by atoms with E-state index in [1.807, 2.05) is 6.08 Å². The number of nitrogens with zero attached hydrogens (tertiary/aromatic N) is 3. The fourth-order valence-corrected chi connectivity index (χ4v) is 5.03. The number of aromatic nitrogens is 3. The SMILES string of the molecule is CC(C)c1ncnc2c1ccn2C1C=C(CCC2=CC3NC(N)=C(Cl)C=C3C(F)=C2)CC1. The summed E-state index contributed by atoms with van der Waals surface area (Å²) in [5.74, 6) is 0.498. The van der Waals surface area contributed by atoms with Crippen LogP contribution in [0.3, 0.4) is 0 Å². The van der Waals surface area contributed by atoms with E-state index in [2.05, 4.69) is 52.0 Å². The lowest BCUT2D eigenvalue weighted by atomic mass is 9.91. The molecular weight excluding hydrogens is 425 g/mol. The maximum atomic E-state index is 14.6. The van der Waals surface area contributed by atoms with Gasteiger partial charge in [-0.1, -0.05) is 43.2 Å². The van der Waals surface area contributed by atoms with Crippen LogP contribution in [0.5, 0.6) is 0 Å². The lowest BCUT2D eigenvalue weighted by molar-refractivity contribution is 0.597. The topological polar surface area (TPSA) is 68.8 Å². The monoisotopic (exact) mass is 451 g/mol. The van der Waals surface area contributed by atoms with Gasteiger partial charge in [0.2, 0.25) is 0 Å². The second kappa shape index (κ2) is 8.24. The Morgan fingerprint density at radius 1 is 1.25 bits per heavy atom. The molecular formula is C25H27ClFN5. The van der Waals surface area contributed by atoms with Crippen LogP contribution in [0.15, 0.2) is 76.3 Å². The molecule has 2 aromatic heterocycles. The fourth-order valence-electron chi connectivity index (χ4n) is 4.85. The highest BCUT2D eigenvalue weighted by Crippen LogP contribution is 2.36. The van der Waals surface area contributed by atoms with E-state index in [1.165, 1.54) is 5.57 Å². The van der Waals surface area contributed by atoms with Crippen LogP contribution in [0.25, 0.3) is 11.0 Å². The second-order valence-electron chi connectivity index (χ2n) is 9.02. The third-order valence-electron chi connectivity index (χ3n) is 6.52. The smallest absolute Gasteiger partial charge is 0.144 e. The molecule has 3 aliphatic rings. The molecule has 3 heterocycles. The van der Waals surface area contributed by atoms with Crippen molar-refractivity contribution in [3.63, 3.8) is 0 Å². The van der Waals surface area contributed by atoms with Crippen molar-refractivity contribution in [3.8, 4) is 0 Å². The Balaban J connectivity index is 1.30. The van der Waals surface area contributed by atoms with E-state index in [0.717, 1.165) is 48.0 Å². The van der Waals surface area contributed by atoms with E-state index in [9.17, 15) is 4.39 Å². The third kappa shape index (κ3) is 3.77. The van der Waals surface area contributed by atoms with Gasteiger partial charge in [-0.3, -0.25) is 0 Å². The van der Waals surface area contributed by atoms with Crippen LogP contribution in [0, 0.1) is 0 Å². The zero-order valence-electron chi connectivity index (χ0n) is 18.3. The molecule has 5 rings (SSSR count). The lowest BCUT2D eigenvalue weighted by Crippen LogP contribution is -2.37. The van der Waals surface area contributed by atoms with E-state index in [1.54, 1.807) is 18.5 Å². The molecule has 1 aliphatic heterocycles. The minimum atomic E-state index is -0.260. The molecule has 0 aromatic carbocycles. The predicted octanol–water partition coefficient (Wildman–Crippen LogP) is 5.65. The molecule has 7 heteroatoms. The number of rotatable bonds is 5. The first-order valence-electron chi connectivity index (χ1n) is 11.1. The number of dihydropyridines is 1. The Hall–Kier alpha value is -2.86. The normalized spacial score (nSPS) is 23.0. The number of nitrogens with two attached hydrogens (primary N) is 1. The van der Waals surface area contributed by atoms with Crippen LogP contribution in [0.4, 0.5) is 4.39 Å². The number of hydrogen-bond acceptors (Lipinski definition) is 4. The highest BCUT2D eigenvalue weighted by molar-refractivity contribution is 6.31. The Kier molecular flexibility index (Phi) is 5.41. The van der Waals surface area contributed by atoms with Gasteiger partial charge < -0.3 is 15.6 Å². The molecule has 0 spiro atoms. The second-order valence-corrected chi connectivity index (χ2v) is 9.43. The van der Waals surface area contributed by atoms with Gasteiger partial charge in [0, 0.05) is 17.2 Å². The number of fused-ring (bicyclic) bond motifs is 2. The lowest BCUT2D eigenvalue weighted by Gasteiger charge is -2.27. The van der Waals surface area contributed by atoms with Gasteiger partial charge in [0.1, 0.15) is 23.6 Å². The largest absolute Gasteiger partial charge is 0.384 e. The van der Waals surface area contributed by atoms with Gasteiger partial charge >= 0.3 is 0 Å². The Morgan fingerprint density at radius 2 is 2.09 bits per heavy atom. The van der Waals surface area contributed by atoms with Gasteiger partial charge in [-0.15, -0.1) is 0 Å². The van der Waals surface area contributed by atoms with Gasteiger partial charge in [-0.25, -0.2) is 14.4 Å². The van der Waals surface area contributed by atoms with Gasteiger partial charge in [-0.2, -0.15) is 0 Å². The third-order valence-corrected chi connectivity index (χ3v) is 6.84. The number of nitrogens with one attached hydrogen (secondary N) is 1. The van der Waals surface area contributed by atoms with Crippen molar-refractivity contribution in [2.75, 3.05) is 0 Å². The van der Waals surface area contributed by atoms with Crippen LogP contribution in [0.1, 0.15) is 57.2 Å². The summed E-state index contributed by atoms with van der Waals surface area (Å²) in [6.45, 7) is 4.31. The molecule has 3 N–H and O–H groups in total. The Morgan fingerprint density at radius 3 is 2.91 bits per heavy atom.